The molecule has 0 bridgehead atoms. The third kappa shape index (κ3) is 4.81. The second kappa shape index (κ2) is 8.59. The quantitative estimate of drug-likeness (QED) is 0.684. The monoisotopic (exact) mass is 403 g/mol. The molecule has 1 heterocycles. The number of rotatable bonds is 6. The van der Waals surface area contributed by atoms with Crippen LogP contribution in [0.4, 0.5) is 18.9 Å². The van der Waals surface area contributed by atoms with Crippen molar-refractivity contribution in [2.24, 2.45) is 0 Å². The number of aromatic nitrogens is 2. The van der Waals surface area contributed by atoms with Gasteiger partial charge >= 0.3 is 0 Å². The van der Waals surface area contributed by atoms with Crippen molar-refractivity contribution in [3.05, 3.63) is 82.4 Å². The second-order valence-corrected chi connectivity index (χ2v) is 6.03. The van der Waals surface area contributed by atoms with E-state index >= 15 is 0 Å². The lowest BCUT2D eigenvalue weighted by Gasteiger charge is -2.17. The van der Waals surface area contributed by atoms with Gasteiger partial charge in [-0.3, -0.25) is 9.59 Å². The molecule has 0 aliphatic heterocycles. The zero-order valence-electron chi connectivity index (χ0n) is 15.2. The van der Waals surface area contributed by atoms with E-state index in [-0.39, 0.29) is 18.0 Å². The molecular weight excluding hydrogens is 387 g/mol. The molecule has 3 aromatic rings. The summed E-state index contributed by atoms with van der Waals surface area (Å²) in [5, 5.41) is 6.30. The molecule has 0 aliphatic rings. The van der Waals surface area contributed by atoms with E-state index in [1.165, 1.54) is 36.4 Å². The Morgan fingerprint density at radius 1 is 1.07 bits per heavy atom. The van der Waals surface area contributed by atoms with Crippen molar-refractivity contribution in [1.82, 2.24) is 9.78 Å². The average molecular weight is 403 g/mol. The molecule has 9 heteroatoms. The highest BCUT2D eigenvalue weighted by atomic mass is 19.1. The van der Waals surface area contributed by atoms with E-state index in [1.54, 1.807) is 6.92 Å². The molecule has 0 spiro atoms. The van der Waals surface area contributed by atoms with E-state index in [2.05, 4.69) is 10.4 Å². The van der Waals surface area contributed by atoms with Crippen LogP contribution in [-0.4, -0.2) is 21.8 Å². The minimum atomic E-state index is -1.08. The smallest absolute Gasteiger partial charge is 0.271 e. The first-order chi connectivity index (χ1) is 13.9. The highest BCUT2D eigenvalue weighted by molar-refractivity contribution is 5.94. The molecule has 0 aliphatic carbocycles. The Balaban J connectivity index is 1.81. The van der Waals surface area contributed by atoms with E-state index in [4.69, 9.17) is 4.74 Å². The predicted molar refractivity (Wildman–Crippen MR) is 99.5 cm³/mol. The van der Waals surface area contributed by atoms with Gasteiger partial charge in [0.15, 0.2) is 6.10 Å². The summed E-state index contributed by atoms with van der Waals surface area (Å²) in [5.41, 5.74) is -0.495. The Morgan fingerprint density at radius 3 is 2.45 bits per heavy atom. The molecule has 6 nitrogen and oxygen atoms in total. The largest absolute Gasteiger partial charge is 0.463 e. The molecule has 1 amide bonds. The number of nitrogens with zero attached hydrogens (tertiary/aromatic N) is 2. The lowest BCUT2D eigenvalue weighted by atomic mass is 10.2. The van der Waals surface area contributed by atoms with Gasteiger partial charge in [-0.2, -0.15) is 4.68 Å². The Kier molecular flexibility index (Phi) is 5.96. The molecule has 0 unspecified atom stereocenters. The van der Waals surface area contributed by atoms with Crippen LogP contribution in [0.25, 0.3) is 5.69 Å². The van der Waals surface area contributed by atoms with Crippen LogP contribution in [-0.2, 0) is 4.79 Å². The predicted octanol–water partition coefficient (Wildman–Crippen LogP) is 3.45. The number of ether oxygens (including phenoxy) is 1. The third-order valence-electron chi connectivity index (χ3n) is 3.96. The van der Waals surface area contributed by atoms with Crippen molar-refractivity contribution in [3.63, 3.8) is 0 Å². The topological polar surface area (TPSA) is 73.2 Å². The minimum Gasteiger partial charge on any atom is -0.463 e. The molecule has 29 heavy (non-hydrogen) atoms. The summed E-state index contributed by atoms with van der Waals surface area (Å²) in [7, 11) is 0. The number of nitrogens with one attached hydrogen (secondary N) is 1. The van der Waals surface area contributed by atoms with Gasteiger partial charge in [0.25, 0.3) is 11.5 Å². The zero-order valence-corrected chi connectivity index (χ0v) is 15.2. The van der Waals surface area contributed by atoms with Gasteiger partial charge in [-0.25, -0.2) is 13.2 Å². The van der Waals surface area contributed by atoms with Gasteiger partial charge in [0.1, 0.15) is 17.5 Å². The average Bonchev–Trinajstić information content (AvgIpc) is 2.70. The summed E-state index contributed by atoms with van der Waals surface area (Å²) in [5.74, 6) is -2.73. The number of hydrogen-bond donors (Lipinski definition) is 1. The zero-order chi connectivity index (χ0) is 21.0. The first-order valence-corrected chi connectivity index (χ1v) is 8.66. The SMILES string of the molecule is CC[C@@H](Oc1ccc(=O)n(-c2ccc(F)cc2)n1)C(=O)Nc1cc(F)ccc1F. The van der Waals surface area contributed by atoms with Crippen LogP contribution in [0, 0.1) is 17.5 Å². The summed E-state index contributed by atoms with van der Waals surface area (Å²) in [6.07, 6.45) is -0.885. The molecule has 2 aromatic carbocycles. The van der Waals surface area contributed by atoms with Crippen molar-refractivity contribution < 1.29 is 22.7 Å². The maximum atomic E-state index is 13.7. The highest BCUT2D eigenvalue weighted by Gasteiger charge is 2.21. The highest BCUT2D eigenvalue weighted by Crippen LogP contribution is 2.17. The maximum absolute atomic E-state index is 13.7. The Hall–Kier alpha value is -3.62. The molecule has 0 saturated carbocycles. The van der Waals surface area contributed by atoms with Crippen LogP contribution in [0.3, 0.4) is 0 Å². The van der Waals surface area contributed by atoms with Crippen LogP contribution in [0.2, 0.25) is 0 Å². The number of hydrogen-bond acceptors (Lipinski definition) is 4. The summed E-state index contributed by atoms with van der Waals surface area (Å²) in [6.45, 7) is 1.65. The van der Waals surface area contributed by atoms with Crippen molar-refractivity contribution in [1.29, 1.82) is 0 Å². The second-order valence-electron chi connectivity index (χ2n) is 6.03. The van der Waals surface area contributed by atoms with Crippen molar-refractivity contribution in [2.75, 3.05) is 5.32 Å². The summed E-state index contributed by atoms with van der Waals surface area (Å²) in [4.78, 5) is 24.5. The Morgan fingerprint density at radius 2 is 1.76 bits per heavy atom. The van der Waals surface area contributed by atoms with Gasteiger partial charge in [-0.15, -0.1) is 5.10 Å². The lowest BCUT2D eigenvalue weighted by Crippen LogP contribution is -2.33. The molecule has 1 atom stereocenters. The van der Waals surface area contributed by atoms with Crippen molar-refractivity contribution in [2.45, 2.75) is 19.4 Å². The fourth-order valence-electron chi connectivity index (χ4n) is 2.50. The minimum absolute atomic E-state index is 0.0457. The molecule has 3 rings (SSSR count). The number of benzene rings is 2. The van der Waals surface area contributed by atoms with Crippen molar-refractivity contribution >= 4 is 11.6 Å². The lowest BCUT2D eigenvalue weighted by molar-refractivity contribution is -0.123. The molecule has 0 radical (unpaired) electrons. The van der Waals surface area contributed by atoms with Crippen LogP contribution in [0.15, 0.2) is 59.4 Å². The van der Waals surface area contributed by atoms with Crippen LogP contribution >= 0.6 is 0 Å². The van der Waals surface area contributed by atoms with Gasteiger partial charge in [-0.05, 0) is 42.8 Å². The van der Waals surface area contributed by atoms with E-state index in [0.29, 0.717) is 5.69 Å². The molecule has 1 aromatic heterocycles. The first-order valence-electron chi connectivity index (χ1n) is 8.66. The van der Waals surface area contributed by atoms with Gasteiger partial charge in [0, 0.05) is 18.2 Å². The number of carbonyl (C=O) groups is 1. The fourth-order valence-corrected chi connectivity index (χ4v) is 2.50. The molecule has 0 fully saturated rings. The normalized spacial score (nSPS) is 11.7. The summed E-state index contributed by atoms with van der Waals surface area (Å²) in [6, 6.07) is 10.2. The van der Waals surface area contributed by atoms with Gasteiger partial charge in [0.2, 0.25) is 5.88 Å². The fraction of sp³-hybridized carbons (Fsp3) is 0.150. The number of anilines is 1. The van der Waals surface area contributed by atoms with E-state index in [0.717, 1.165) is 22.9 Å². The maximum Gasteiger partial charge on any atom is 0.271 e. The molecule has 150 valence electrons. The van der Waals surface area contributed by atoms with Gasteiger partial charge in [0.05, 0.1) is 11.4 Å². The van der Waals surface area contributed by atoms with Gasteiger partial charge in [-0.1, -0.05) is 6.92 Å². The molecule has 1 N–H and O–H groups in total. The van der Waals surface area contributed by atoms with Crippen LogP contribution in [0.1, 0.15) is 13.3 Å². The Bertz CT molecular complexity index is 1080. The first kappa shape index (κ1) is 20.1. The standard InChI is InChI=1S/C20H16F3N3O3/c1-2-17(20(28)24-16-11-13(22)5-8-15(16)23)29-18-9-10-19(27)26(25-18)14-6-3-12(21)4-7-14/h3-11,17H,2H2,1H3,(H,24,28)/t17-/m1/s1. The van der Waals surface area contributed by atoms with E-state index in [1.807, 2.05) is 0 Å². The molecule has 0 saturated heterocycles. The molecular formula is C20H16F3N3O3. The number of amides is 1. The van der Waals surface area contributed by atoms with E-state index < -0.39 is 35.0 Å². The number of halogens is 3. The third-order valence-corrected chi connectivity index (χ3v) is 3.96. The van der Waals surface area contributed by atoms with Crippen LogP contribution < -0.4 is 15.6 Å². The number of carbonyl (C=O) groups excluding carboxylic acids is 1. The van der Waals surface area contributed by atoms with Gasteiger partial charge < -0.3 is 10.1 Å². The van der Waals surface area contributed by atoms with Crippen LogP contribution in [0.5, 0.6) is 5.88 Å². The van der Waals surface area contributed by atoms with E-state index in [9.17, 15) is 22.8 Å². The Labute approximate surface area is 163 Å². The van der Waals surface area contributed by atoms with Crippen molar-refractivity contribution in [3.8, 4) is 11.6 Å². The summed E-state index contributed by atoms with van der Waals surface area (Å²) < 4.78 is 46.6. The summed E-state index contributed by atoms with van der Waals surface area (Å²) >= 11 is 0.